The summed E-state index contributed by atoms with van der Waals surface area (Å²) in [4.78, 5) is 12.6. The molecule has 0 unspecified atom stereocenters. The van der Waals surface area contributed by atoms with E-state index in [0.717, 1.165) is 12.8 Å². The van der Waals surface area contributed by atoms with E-state index in [2.05, 4.69) is 15.5 Å². The fraction of sp³-hybridized carbons (Fsp3) is 0.286. The van der Waals surface area contributed by atoms with E-state index in [1.807, 2.05) is 13.8 Å². The van der Waals surface area contributed by atoms with E-state index in [9.17, 15) is 13.2 Å². The van der Waals surface area contributed by atoms with E-state index in [4.69, 9.17) is 16.0 Å². The van der Waals surface area contributed by atoms with Gasteiger partial charge in [-0.3, -0.25) is 10.1 Å². The molecular formula is C21H23ClN4O4S. The molecule has 164 valence electrons. The van der Waals surface area contributed by atoms with Crippen molar-refractivity contribution in [1.82, 2.24) is 14.5 Å². The largest absolute Gasteiger partial charge is 0.403 e. The summed E-state index contributed by atoms with van der Waals surface area (Å²) >= 11 is 6.12. The second-order valence-electron chi connectivity index (χ2n) is 6.77. The Hall–Kier alpha value is -2.75. The van der Waals surface area contributed by atoms with Gasteiger partial charge in [0.15, 0.2) is 0 Å². The highest BCUT2D eigenvalue weighted by Crippen LogP contribution is 2.27. The summed E-state index contributed by atoms with van der Waals surface area (Å²) < 4.78 is 32.6. The molecule has 0 spiro atoms. The van der Waals surface area contributed by atoms with E-state index in [-0.39, 0.29) is 22.4 Å². The first-order chi connectivity index (χ1) is 14.9. The van der Waals surface area contributed by atoms with Gasteiger partial charge in [0, 0.05) is 18.7 Å². The van der Waals surface area contributed by atoms with Crippen LogP contribution in [0.5, 0.6) is 0 Å². The third-order valence-electron chi connectivity index (χ3n) is 4.45. The molecule has 0 atom stereocenters. The third-order valence-corrected chi connectivity index (χ3v) is 6.69. The van der Waals surface area contributed by atoms with Crippen LogP contribution in [0.3, 0.4) is 0 Å². The lowest BCUT2D eigenvalue weighted by atomic mass is 10.2. The van der Waals surface area contributed by atoms with Gasteiger partial charge in [-0.25, -0.2) is 8.42 Å². The normalized spacial score (nSPS) is 11.6. The molecule has 3 aromatic rings. The Morgan fingerprint density at radius 1 is 1.03 bits per heavy atom. The van der Waals surface area contributed by atoms with Crippen LogP contribution in [0.15, 0.2) is 57.8 Å². The molecule has 8 nitrogen and oxygen atoms in total. The van der Waals surface area contributed by atoms with Crippen molar-refractivity contribution in [3.63, 3.8) is 0 Å². The number of nitrogens with zero attached hydrogens (tertiary/aromatic N) is 3. The maximum absolute atomic E-state index is 12.8. The highest BCUT2D eigenvalue weighted by Gasteiger charge is 2.23. The maximum atomic E-state index is 12.8. The molecule has 1 amide bonds. The number of anilines is 1. The lowest BCUT2D eigenvalue weighted by Gasteiger charge is -2.21. The van der Waals surface area contributed by atoms with Crippen LogP contribution in [0.4, 0.5) is 6.01 Å². The minimum absolute atomic E-state index is 0.0892. The Bertz CT molecular complexity index is 1140. The van der Waals surface area contributed by atoms with Gasteiger partial charge in [-0.1, -0.05) is 42.7 Å². The second-order valence-corrected chi connectivity index (χ2v) is 9.12. The van der Waals surface area contributed by atoms with Crippen molar-refractivity contribution in [2.75, 3.05) is 18.4 Å². The van der Waals surface area contributed by atoms with Crippen LogP contribution in [0.1, 0.15) is 37.0 Å². The van der Waals surface area contributed by atoms with Crippen molar-refractivity contribution < 1.29 is 17.6 Å². The molecule has 1 aromatic heterocycles. The predicted molar refractivity (Wildman–Crippen MR) is 118 cm³/mol. The first-order valence-corrected chi connectivity index (χ1v) is 11.7. The molecule has 0 aliphatic heterocycles. The number of carbonyl (C=O) groups is 1. The SMILES string of the molecule is CCCN(CCC)S(=O)(=O)c1ccc(C(=O)Nc2nnc(-c3ccccc3Cl)o2)cc1. The summed E-state index contributed by atoms with van der Waals surface area (Å²) in [5.41, 5.74) is 0.810. The monoisotopic (exact) mass is 462 g/mol. The van der Waals surface area contributed by atoms with Crippen molar-refractivity contribution in [3.8, 4) is 11.5 Å². The maximum Gasteiger partial charge on any atom is 0.322 e. The van der Waals surface area contributed by atoms with Crippen molar-refractivity contribution in [1.29, 1.82) is 0 Å². The van der Waals surface area contributed by atoms with Crippen LogP contribution in [-0.2, 0) is 10.0 Å². The van der Waals surface area contributed by atoms with Crippen LogP contribution >= 0.6 is 11.6 Å². The highest BCUT2D eigenvalue weighted by molar-refractivity contribution is 7.89. The van der Waals surface area contributed by atoms with Gasteiger partial charge < -0.3 is 4.42 Å². The number of halogens is 1. The molecular weight excluding hydrogens is 440 g/mol. The molecule has 0 bridgehead atoms. The number of sulfonamides is 1. The van der Waals surface area contributed by atoms with Gasteiger partial charge in [0.05, 0.1) is 15.5 Å². The van der Waals surface area contributed by atoms with Crippen molar-refractivity contribution >= 4 is 33.5 Å². The lowest BCUT2D eigenvalue weighted by Crippen LogP contribution is -2.32. The summed E-state index contributed by atoms with van der Waals surface area (Å²) in [6, 6.07) is 12.6. The van der Waals surface area contributed by atoms with Crippen LogP contribution < -0.4 is 5.32 Å². The standard InChI is InChI=1S/C21H23ClN4O4S/c1-3-13-26(14-4-2)31(28,29)16-11-9-15(10-12-16)19(27)23-21-25-24-20(30-21)17-7-5-6-8-18(17)22/h5-12H,3-4,13-14H2,1-2H3,(H,23,25,27). The summed E-state index contributed by atoms with van der Waals surface area (Å²) in [6.07, 6.45) is 1.44. The molecule has 0 fully saturated rings. The first-order valence-electron chi connectivity index (χ1n) is 9.86. The predicted octanol–water partition coefficient (Wildman–Crippen LogP) is 4.45. The van der Waals surface area contributed by atoms with Gasteiger partial charge in [-0.2, -0.15) is 4.31 Å². The number of benzene rings is 2. The van der Waals surface area contributed by atoms with Crippen molar-refractivity contribution in [3.05, 3.63) is 59.1 Å². The minimum Gasteiger partial charge on any atom is -0.403 e. The van der Waals surface area contributed by atoms with Gasteiger partial charge in [0.2, 0.25) is 10.0 Å². The highest BCUT2D eigenvalue weighted by atomic mass is 35.5. The van der Waals surface area contributed by atoms with E-state index in [1.54, 1.807) is 24.3 Å². The third kappa shape index (κ3) is 5.30. The number of aromatic nitrogens is 2. The molecule has 1 N–H and O–H groups in total. The number of hydrogen-bond acceptors (Lipinski definition) is 6. The van der Waals surface area contributed by atoms with Crippen LogP contribution in [0, 0.1) is 0 Å². The number of carbonyl (C=O) groups excluding carboxylic acids is 1. The Morgan fingerprint density at radius 3 is 2.29 bits per heavy atom. The minimum atomic E-state index is -3.61. The average Bonchev–Trinajstić information content (AvgIpc) is 3.22. The second kappa shape index (κ2) is 10.0. The lowest BCUT2D eigenvalue weighted by molar-refractivity contribution is 0.102. The van der Waals surface area contributed by atoms with Gasteiger partial charge >= 0.3 is 6.01 Å². The van der Waals surface area contributed by atoms with Gasteiger partial charge in [0.25, 0.3) is 11.8 Å². The number of rotatable bonds is 9. The molecule has 0 aliphatic rings. The van der Waals surface area contributed by atoms with Crippen LogP contribution in [-0.4, -0.2) is 41.9 Å². The van der Waals surface area contributed by atoms with Gasteiger partial charge in [-0.15, -0.1) is 5.10 Å². The van der Waals surface area contributed by atoms with Gasteiger partial charge in [-0.05, 0) is 49.2 Å². The van der Waals surface area contributed by atoms with Gasteiger partial charge in [0.1, 0.15) is 0 Å². The molecule has 0 saturated carbocycles. The summed E-state index contributed by atoms with van der Waals surface area (Å²) in [5, 5.41) is 10.7. The van der Waals surface area contributed by atoms with Crippen molar-refractivity contribution in [2.24, 2.45) is 0 Å². The molecule has 0 aliphatic carbocycles. The summed E-state index contributed by atoms with van der Waals surface area (Å²) in [5.74, 6) is -0.327. The molecule has 31 heavy (non-hydrogen) atoms. The summed E-state index contributed by atoms with van der Waals surface area (Å²) in [6.45, 7) is 4.76. The van der Waals surface area contributed by atoms with E-state index < -0.39 is 15.9 Å². The molecule has 0 saturated heterocycles. The van der Waals surface area contributed by atoms with E-state index in [0.29, 0.717) is 23.7 Å². The first kappa shape index (κ1) is 22.9. The zero-order valence-corrected chi connectivity index (χ0v) is 18.8. The zero-order chi connectivity index (χ0) is 22.4. The Morgan fingerprint density at radius 2 is 1.68 bits per heavy atom. The molecule has 2 aromatic carbocycles. The summed E-state index contributed by atoms with van der Waals surface area (Å²) in [7, 11) is -3.61. The average molecular weight is 463 g/mol. The Kier molecular flexibility index (Phi) is 7.42. The molecule has 1 heterocycles. The van der Waals surface area contributed by atoms with E-state index in [1.165, 1.54) is 28.6 Å². The number of nitrogens with one attached hydrogen (secondary N) is 1. The van der Waals surface area contributed by atoms with E-state index >= 15 is 0 Å². The number of amides is 1. The quantitative estimate of drug-likeness (QED) is 0.503. The topological polar surface area (TPSA) is 105 Å². The van der Waals surface area contributed by atoms with Crippen LogP contribution in [0.25, 0.3) is 11.5 Å². The Balaban J connectivity index is 1.73. The fourth-order valence-corrected chi connectivity index (χ4v) is 4.81. The Labute approximate surface area is 186 Å². The zero-order valence-electron chi connectivity index (χ0n) is 17.2. The molecule has 0 radical (unpaired) electrons. The van der Waals surface area contributed by atoms with Crippen LogP contribution in [0.2, 0.25) is 5.02 Å². The molecule has 10 heteroatoms. The fourth-order valence-electron chi connectivity index (χ4n) is 2.96. The van der Waals surface area contributed by atoms with Crippen molar-refractivity contribution in [2.45, 2.75) is 31.6 Å². The molecule has 3 rings (SSSR count). The number of hydrogen-bond donors (Lipinski definition) is 1. The smallest absolute Gasteiger partial charge is 0.322 e.